The number of nitrogens with one attached hydrogen (secondary N) is 1. The molecule has 3 nitrogen and oxygen atoms in total. The Bertz CT molecular complexity index is 622. The van der Waals surface area contributed by atoms with Crippen LogP contribution in [0.4, 0.5) is 0 Å². The lowest BCUT2D eigenvalue weighted by Gasteiger charge is -2.19. The molecule has 1 fully saturated rings. The van der Waals surface area contributed by atoms with E-state index in [-0.39, 0.29) is 5.54 Å². The van der Waals surface area contributed by atoms with Gasteiger partial charge in [-0.1, -0.05) is 29.3 Å². The van der Waals surface area contributed by atoms with Gasteiger partial charge in [-0.05, 0) is 37.5 Å². The van der Waals surface area contributed by atoms with Crippen molar-refractivity contribution >= 4 is 23.2 Å². The lowest BCUT2D eigenvalue weighted by atomic mass is 10.0. The first-order valence-corrected chi connectivity index (χ1v) is 7.33. The van der Waals surface area contributed by atoms with Gasteiger partial charge in [0, 0.05) is 40.1 Å². The van der Waals surface area contributed by atoms with Crippen molar-refractivity contribution < 1.29 is 0 Å². The highest BCUT2D eigenvalue weighted by molar-refractivity contribution is 6.35. The van der Waals surface area contributed by atoms with Crippen molar-refractivity contribution in [3.63, 3.8) is 0 Å². The fraction of sp³-hybridized carbons (Fsp3) is 0.333. The number of halogens is 2. The van der Waals surface area contributed by atoms with Crippen LogP contribution in [-0.2, 0) is 12.1 Å². The Labute approximate surface area is 128 Å². The molecule has 2 aromatic rings. The Morgan fingerprint density at radius 3 is 2.50 bits per heavy atom. The quantitative estimate of drug-likeness (QED) is 0.931. The highest BCUT2D eigenvalue weighted by atomic mass is 35.5. The van der Waals surface area contributed by atoms with Crippen LogP contribution in [0.15, 0.2) is 30.6 Å². The summed E-state index contributed by atoms with van der Waals surface area (Å²) in [6.45, 7) is 2.62. The first kappa shape index (κ1) is 13.8. The zero-order chi connectivity index (χ0) is 14.2. The smallest absolute Gasteiger partial charge is 0.125 e. The third-order valence-corrected chi connectivity index (χ3v) is 4.21. The van der Waals surface area contributed by atoms with E-state index in [9.17, 15) is 0 Å². The SMILES string of the molecule is Cc1ncc(CNC2(c3ccc(Cl)cc3Cl)CC2)cn1. The van der Waals surface area contributed by atoms with Gasteiger partial charge in [0.25, 0.3) is 0 Å². The van der Waals surface area contributed by atoms with E-state index in [0.717, 1.165) is 41.4 Å². The Kier molecular flexibility index (Phi) is 3.67. The van der Waals surface area contributed by atoms with Gasteiger partial charge in [-0.3, -0.25) is 0 Å². The lowest BCUT2D eigenvalue weighted by molar-refractivity contribution is 0.517. The van der Waals surface area contributed by atoms with E-state index >= 15 is 0 Å². The predicted octanol–water partition coefficient (Wildman–Crippen LogP) is 3.87. The molecule has 1 heterocycles. The molecule has 1 saturated carbocycles. The van der Waals surface area contributed by atoms with Crippen LogP contribution in [0, 0.1) is 6.92 Å². The van der Waals surface area contributed by atoms with Gasteiger partial charge in [-0.15, -0.1) is 0 Å². The minimum Gasteiger partial charge on any atom is -0.303 e. The summed E-state index contributed by atoms with van der Waals surface area (Å²) in [6.07, 6.45) is 5.88. The van der Waals surface area contributed by atoms with Crippen LogP contribution >= 0.6 is 23.2 Å². The summed E-state index contributed by atoms with van der Waals surface area (Å²) in [5.74, 6) is 0.788. The fourth-order valence-electron chi connectivity index (χ4n) is 2.33. The third-order valence-electron chi connectivity index (χ3n) is 3.66. The van der Waals surface area contributed by atoms with Crippen molar-refractivity contribution in [2.75, 3.05) is 0 Å². The Morgan fingerprint density at radius 1 is 1.20 bits per heavy atom. The van der Waals surface area contributed by atoms with E-state index in [1.165, 1.54) is 0 Å². The molecule has 0 unspecified atom stereocenters. The van der Waals surface area contributed by atoms with Crippen molar-refractivity contribution in [1.29, 1.82) is 0 Å². The largest absolute Gasteiger partial charge is 0.303 e. The van der Waals surface area contributed by atoms with Crippen molar-refractivity contribution in [2.24, 2.45) is 0 Å². The molecule has 0 aliphatic heterocycles. The topological polar surface area (TPSA) is 37.8 Å². The van der Waals surface area contributed by atoms with E-state index in [2.05, 4.69) is 15.3 Å². The monoisotopic (exact) mass is 307 g/mol. The first-order valence-electron chi connectivity index (χ1n) is 6.57. The molecule has 3 rings (SSSR count). The standard InChI is InChI=1S/C15H15Cl2N3/c1-10-18-7-11(8-19-10)9-20-15(4-5-15)13-3-2-12(16)6-14(13)17/h2-3,6-8,20H,4-5,9H2,1H3. The third kappa shape index (κ3) is 2.80. The van der Waals surface area contributed by atoms with Gasteiger partial charge in [0.1, 0.15) is 5.82 Å². The van der Waals surface area contributed by atoms with Crippen LogP contribution in [0.5, 0.6) is 0 Å². The molecule has 0 atom stereocenters. The van der Waals surface area contributed by atoms with Crippen molar-refractivity contribution in [3.8, 4) is 0 Å². The average molecular weight is 308 g/mol. The first-order chi connectivity index (χ1) is 9.59. The van der Waals surface area contributed by atoms with Crippen LogP contribution in [0.1, 0.15) is 29.8 Å². The molecule has 1 N–H and O–H groups in total. The molecule has 1 aliphatic carbocycles. The van der Waals surface area contributed by atoms with Crippen LogP contribution in [0.3, 0.4) is 0 Å². The average Bonchev–Trinajstić information content (AvgIpc) is 3.19. The Morgan fingerprint density at radius 2 is 1.90 bits per heavy atom. The Hall–Kier alpha value is -1.16. The number of rotatable bonds is 4. The van der Waals surface area contributed by atoms with Gasteiger partial charge in [0.15, 0.2) is 0 Å². The van der Waals surface area contributed by atoms with Crippen LogP contribution in [0.25, 0.3) is 0 Å². The van der Waals surface area contributed by atoms with Gasteiger partial charge in [0.2, 0.25) is 0 Å². The highest BCUT2D eigenvalue weighted by Gasteiger charge is 2.45. The van der Waals surface area contributed by atoms with Gasteiger partial charge in [-0.2, -0.15) is 0 Å². The number of benzene rings is 1. The molecule has 0 bridgehead atoms. The molecule has 0 saturated heterocycles. The minimum absolute atomic E-state index is 0.0213. The van der Waals surface area contributed by atoms with Crippen LogP contribution < -0.4 is 5.32 Å². The van der Waals surface area contributed by atoms with Gasteiger partial charge in [-0.25, -0.2) is 9.97 Å². The van der Waals surface area contributed by atoms with Gasteiger partial charge >= 0.3 is 0 Å². The molecule has 1 aromatic heterocycles. The molecule has 1 aliphatic rings. The molecule has 1 aromatic carbocycles. The summed E-state index contributed by atoms with van der Waals surface area (Å²) >= 11 is 12.3. The molecule has 0 radical (unpaired) electrons. The number of aromatic nitrogens is 2. The maximum absolute atomic E-state index is 6.31. The summed E-state index contributed by atoms with van der Waals surface area (Å²) in [6, 6.07) is 5.70. The fourth-order valence-corrected chi connectivity index (χ4v) is 2.92. The van der Waals surface area contributed by atoms with Gasteiger partial charge < -0.3 is 5.32 Å². The van der Waals surface area contributed by atoms with Crippen LogP contribution in [-0.4, -0.2) is 9.97 Å². The Balaban J connectivity index is 1.74. The second kappa shape index (κ2) is 5.32. The van der Waals surface area contributed by atoms with E-state index in [0.29, 0.717) is 5.02 Å². The number of hydrogen-bond acceptors (Lipinski definition) is 3. The lowest BCUT2D eigenvalue weighted by Crippen LogP contribution is -2.28. The van der Waals surface area contributed by atoms with E-state index in [1.54, 1.807) is 6.07 Å². The van der Waals surface area contributed by atoms with Crippen LogP contribution in [0.2, 0.25) is 10.0 Å². The molecular formula is C15H15Cl2N3. The summed E-state index contributed by atoms with van der Waals surface area (Å²) in [5.41, 5.74) is 2.18. The summed E-state index contributed by atoms with van der Waals surface area (Å²) in [5, 5.41) is 4.97. The summed E-state index contributed by atoms with van der Waals surface area (Å²) in [4.78, 5) is 8.41. The van der Waals surface area contributed by atoms with Crippen molar-refractivity contribution in [2.45, 2.75) is 31.8 Å². The molecular weight excluding hydrogens is 293 g/mol. The summed E-state index contributed by atoms with van der Waals surface area (Å²) in [7, 11) is 0. The molecule has 5 heteroatoms. The number of hydrogen-bond donors (Lipinski definition) is 1. The highest BCUT2D eigenvalue weighted by Crippen LogP contribution is 2.48. The van der Waals surface area contributed by atoms with E-state index in [1.807, 2.05) is 31.5 Å². The molecule has 104 valence electrons. The zero-order valence-corrected chi connectivity index (χ0v) is 12.7. The minimum atomic E-state index is -0.0213. The number of aryl methyl sites for hydroxylation is 1. The van der Waals surface area contributed by atoms with E-state index in [4.69, 9.17) is 23.2 Å². The van der Waals surface area contributed by atoms with Crippen molar-refractivity contribution in [1.82, 2.24) is 15.3 Å². The second-order valence-electron chi connectivity index (χ2n) is 5.20. The second-order valence-corrected chi connectivity index (χ2v) is 6.04. The predicted molar refractivity (Wildman–Crippen MR) is 81.0 cm³/mol. The molecule has 0 spiro atoms. The van der Waals surface area contributed by atoms with Gasteiger partial charge in [0.05, 0.1) is 0 Å². The zero-order valence-electron chi connectivity index (χ0n) is 11.2. The summed E-state index contributed by atoms with van der Waals surface area (Å²) < 4.78 is 0. The maximum atomic E-state index is 6.31. The number of nitrogens with zero attached hydrogens (tertiary/aromatic N) is 2. The molecule has 0 amide bonds. The molecule has 20 heavy (non-hydrogen) atoms. The van der Waals surface area contributed by atoms with Crippen molar-refractivity contribution in [3.05, 3.63) is 57.6 Å². The van der Waals surface area contributed by atoms with E-state index < -0.39 is 0 Å². The normalized spacial score (nSPS) is 16.1. The maximum Gasteiger partial charge on any atom is 0.125 e.